The van der Waals surface area contributed by atoms with E-state index in [1.165, 1.54) is 12.1 Å². The molecule has 0 saturated heterocycles. The first kappa shape index (κ1) is 19.2. The summed E-state index contributed by atoms with van der Waals surface area (Å²) in [6.45, 7) is 1.80. The molecule has 1 unspecified atom stereocenters. The van der Waals surface area contributed by atoms with Crippen LogP contribution in [-0.4, -0.2) is 15.9 Å². The highest BCUT2D eigenvalue weighted by Crippen LogP contribution is 2.46. The molecule has 0 radical (unpaired) electrons. The quantitative estimate of drug-likeness (QED) is 0.431. The summed E-state index contributed by atoms with van der Waals surface area (Å²) in [7, 11) is 0. The summed E-state index contributed by atoms with van der Waals surface area (Å²) < 4.78 is 0. The van der Waals surface area contributed by atoms with E-state index in [0.29, 0.717) is 33.8 Å². The lowest BCUT2D eigenvalue weighted by atomic mass is 9.80. The Balaban J connectivity index is 1.83. The van der Waals surface area contributed by atoms with Gasteiger partial charge >= 0.3 is 0 Å². The fourth-order valence-corrected chi connectivity index (χ4v) is 3.74. The van der Waals surface area contributed by atoms with Gasteiger partial charge in [0.2, 0.25) is 0 Å². The number of fused-ring (bicyclic) bond motifs is 1. The maximum atomic E-state index is 13.3. The Kier molecular flexibility index (Phi) is 4.93. The number of carbonyl (C=O) groups is 1. The minimum Gasteiger partial charge on any atom is -0.508 e. The normalized spacial score (nSPS) is 15.2. The van der Waals surface area contributed by atoms with E-state index in [-0.39, 0.29) is 17.3 Å². The van der Waals surface area contributed by atoms with Crippen LogP contribution in [0.3, 0.4) is 0 Å². The highest BCUT2D eigenvalue weighted by atomic mass is 16.6. The maximum absolute atomic E-state index is 13.3. The van der Waals surface area contributed by atoms with Crippen molar-refractivity contribution in [1.29, 1.82) is 0 Å². The molecular formula is C23H19N3O4. The number of hydrogen-bond donors (Lipinski definition) is 3. The Hall–Kier alpha value is -4.13. The van der Waals surface area contributed by atoms with Gasteiger partial charge in [-0.1, -0.05) is 36.4 Å². The van der Waals surface area contributed by atoms with Gasteiger partial charge in [-0.05, 0) is 36.8 Å². The van der Waals surface area contributed by atoms with Crippen molar-refractivity contribution in [3.05, 3.63) is 105 Å². The topological polar surface area (TPSA) is 104 Å². The number of carbonyl (C=O) groups excluding carboxylic acids is 1. The van der Waals surface area contributed by atoms with Crippen molar-refractivity contribution in [1.82, 2.24) is 0 Å². The second-order valence-corrected chi connectivity index (χ2v) is 7.00. The Morgan fingerprint density at radius 1 is 1.03 bits per heavy atom. The molecule has 0 spiro atoms. The standard InChI is InChI=1S/C23H19N3O4/c1-14-20(23(28)25-16-6-3-2-4-7-16)21(15-10-12-17(13-11-15)26(29)30)22-18(24-14)8-5-9-19(22)27/h2-13,21,24,27H,1H3,(H,25,28). The molecule has 1 aliphatic heterocycles. The van der Waals surface area contributed by atoms with Crippen LogP contribution in [0.1, 0.15) is 24.0 Å². The molecule has 0 bridgehead atoms. The molecular weight excluding hydrogens is 382 g/mol. The molecule has 0 fully saturated rings. The lowest BCUT2D eigenvalue weighted by Crippen LogP contribution is -2.27. The number of nitrogens with zero attached hydrogens (tertiary/aromatic N) is 1. The zero-order chi connectivity index (χ0) is 21.3. The van der Waals surface area contributed by atoms with Gasteiger partial charge in [-0.3, -0.25) is 14.9 Å². The smallest absolute Gasteiger partial charge is 0.269 e. The Labute approximate surface area is 172 Å². The Morgan fingerprint density at radius 3 is 2.40 bits per heavy atom. The van der Waals surface area contributed by atoms with Gasteiger partial charge in [0.25, 0.3) is 11.6 Å². The van der Waals surface area contributed by atoms with Gasteiger partial charge in [-0.15, -0.1) is 0 Å². The number of anilines is 2. The summed E-state index contributed by atoms with van der Waals surface area (Å²) in [4.78, 5) is 23.8. The van der Waals surface area contributed by atoms with Gasteiger partial charge in [0.05, 0.1) is 4.92 Å². The summed E-state index contributed by atoms with van der Waals surface area (Å²) >= 11 is 0. The number of amides is 1. The van der Waals surface area contributed by atoms with Gasteiger partial charge in [0, 0.05) is 46.3 Å². The molecule has 4 rings (SSSR count). The Morgan fingerprint density at radius 2 is 1.73 bits per heavy atom. The number of aromatic hydroxyl groups is 1. The zero-order valence-corrected chi connectivity index (χ0v) is 16.1. The van der Waals surface area contributed by atoms with E-state index < -0.39 is 10.8 Å². The molecule has 3 aromatic carbocycles. The average molecular weight is 401 g/mol. The minimum atomic E-state index is -0.591. The molecule has 0 saturated carbocycles. The molecule has 7 nitrogen and oxygen atoms in total. The van der Waals surface area contributed by atoms with Crippen LogP contribution in [0.5, 0.6) is 5.75 Å². The lowest BCUT2D eigenvalue weighted by molar-refractivity contribution is -0.384. The molecule has 0 aliphatic carbocycles. The number of nitrogens with one attached hydrogen (secondary N) is 2. The number of rotatable bonds is 4. The lowest BCUT2D eigenvalue weighted by Gasteiger charge is -2.31. The predicted octanol–water partition coefficient (Wildman–Crippen LogP) is 4.77. The van der Waals surface area contributed by atoms with Gasteiger partial charge < -0.3 is 15.7 Å². The van der Waals surface area contributed by atoms with Crippen molar-refractivity contribution < 1.29 is 14.8 Å². The van der Waals surface area contributed by atoms with E-state index in [4.69, 9.17) is 0 Å². The highest BCUT2D eigenvalue weighted by Gasteiger charge is 2.34. The number of allylic oxidation sites excluding steroid dienone is 1. The van der Waals surface area contributed by atoms with Crippen LogP contribution in [0.25, 0.3) is 0 Å². The molecule has 1 heterocycles. The fraction of sp³-hybridized carbons (Fsp3) is 0.0870. The van der Waals surface area contributed by atoms with Crippen LogP contribution in [0.2, 0.25) is 0 Å². The van der Waals surface area contributed by atoms with E-state index in [1.54, 1.807) is 43.3 Å². The number of non-ortho nitro benzene ring substituents is 1. The summed E-state index contributed by atoms with van der Waals surface area (Å²) in [5.74, 6) is -0.865. The molecule has 3 aromatic rings. The molecule has 7 heteroatoms. The van der Waals surface area contributed by atoms with E-state index in [0.717, 1.165) is 0 Å². The molecule has 1 aliphatic rings. The molecule has 150 valence electrons. The summed E-state index contributed by atoms with van der Waals surface area (Å²) in [5.41, 5.74) is 3.59. The molecule has 3 N–H and O–H groups in total. The zero-order valence-electron chi connectivity index (χ0n) is 16.1. The fourth-order valence-electron chi connectivity index (χ4n) is 3.74. The third-order valence-corrected chi connectivity index (χ3v) is 5.10. The third-order valence-electron chi connectivity index (χ3n) is 5.10. The summed E-state index contributed by atoms with van der Waals surface area (Å²) in [6, 6.07) is 20.2. The number of nitro benzene ring substituents is 1. The predicted molar refractivity (Wildman–Crippen MR) is 114 cm³/mol. The number of para-hydroxylation sites is 1. The van der Waals surface area contributed by atoms with Crippen LogP contribution in [0, 0.1) is 10.1 Å². The molecule has 1 atom stereocenters. The molecule has 1 amide bonds. The highest BCUT2D eigenvalue weighted by molar-refractivity contribution is 6.07. The van der Waals surface area contributed by atoms with E-state index in [9.17, 15) is 20.0 Å². The second-order valence-electron chi connectivity index (χ2n) is 7.00. The van der Waals surface area contributed by atoms with Gasteiger partial charge in [0.15, 0.2) is 0 Å². The monoisotopic (exact) mass is 401 g/mol. The summed E-state index contributed by atoms with van der Waals surface area (Å²) in [5, 5.41) is 27.7. The SMILES string of the molecule is CC1=C(C(=O)Nc2ccccc2)C(c2ccc([N+](=O)[O-])cc2)c2c(O)cccc2N1. The average Bonchev–Trinajstić information content (AvgIpc) is 2.73. The molecule has 30 heavy (non-hydrogen) atoms. The minimum absolute atomic E-state index is 0.0406. The number of phenolic OH excluding ortho intramolecular Hbond substituents is 1. The van der Waals surface area contributed by atoms with Crippen molar-refractivity contribution in [2.75, 3.05) is 10.6 Å². The molecule has 0 aromatic heterocycles. The van der Waals surface area contributed by atoms with E-state index in [1.807, 2.05) is 24.3 Å². The van der Waals surface area contributed by atoms with Gasteiger partial charge in [-0.2, -0.15) is 0 Å². The van der Waals surface area contributed by atoms with Crippen molar-refractivity contribution >= 4 is 23.0 Å². The number of hydrogen-bond acceptors (Lipinski definition) is 5. The van der Waals surface area contributed by atoms with Crippen LogP contribution >= 0.6 is 0 Å². The number of nitro groups is 1. The van der Waals surface area contributed by atoms with Crippen molar-refractivity contribution in [3.63, 3.8) is 0 Å². The van der Waals surface area contributed by atoms with Crippen LogP contribution in [0.15, 0.2) is 84.1 Å². The van der Waals surface area contributed by atoms with Crippen molar-refractivity contribution in [2.45, 2.75) is 12.8 Å². The van der Waals surface area contributed by atoms with E-state index in [2.05, 4.69) is 10.6 Å². The summed E-state index contributed by atoms with van der Waals surface area (Å²) in [6.07, 6.45) is 0. The first-order chi connectivity index (χ1) is 14.5. The van der Waals surface area contributed by atoms with Crippen LogP contribution < -0.4 is 10.6 Å². The second kappa shape index (κ2) is 7.71. The number of benzene rings is 3. The number of phenols is 1. The van der Waals surface area contributed by atoms with Crippen LogP contribution in [-0.2, 0) is 4.79 Å². The first-order valence-corrected chi connectivity index (χ1v) is 9.36. The largest absolute Gasteiger partial charge is 0.508 e. The van der Waals surface area contributed by atoms with Crippen molar-refractivity contribution in [3.8, 4) is 5.75 Å². The van der Waals surface area contributed by atoms with E-state index >= 15 is 0 Å². The van der Waals surface area contributed by atoms with Gasteiger partial charge in [-0.25, -0.2) is 0 Å². The van der Waals surface area contributed by atoms with Crippen LogP contribution in [0.4, 0.5) is 17.1 Å². The van der Waals surface area contributed by atoms with Crippen molar-refractivity contribution in [2.24, 2.45) is 0 Å². The third kappa shape index (κ3) is 3.48. The Bertz CT molecular complexity index is 1150. The van der Waals surface area contributed by atoms with Gasteiger partial charge in [0.1, 0.15) is 5.75 Å². The maximum Gasteiger partial charge on any atom is 0.269 e. The first-order valence-electron chi connectivity index (χ1n) is 9.36.